The van der Waals surface area contributed by atoms with Gasteiger partial charge in [0.1, 0.15) is 57.6 Å². The number of carbonyl (C=O) groups excluding carboxylic acids is 2. The Morgan fingerprint density at radius 2 is 1.68 bits per heavy atom. The number of carboxylic acid groups (broad SMARTS) is 1. The third-order valence-electron chi connectivity index (χ3n) is 10.2. The predicted octanol–water partition coefficient (Wildman–Crippen LogP) is 1.99. The molecule has 8 rings (SSSR count). The SMILES string of the molecule is C[C@@H](O)[C@H]1C(=O)N2C(C(=O)O)=C(c3ccc4c(c3)-c3ccc(C[N+]56CC[N+](CC#N)(CC5)CC6)cc3C4=O)C[C@H]12. The van der Waals surface area contributed by atoms with Crippen LogP contribution in [0.5, 0.6) is 0 Å². The maximum Gasteiger partial charge on any atom is 0.352 e. The standard InChI is InChI=1S/C31H31N4O5/c1-18(36)27-26-16-23(28(31(39)40)33(26)30(27)38)20-3-5-22-24(15-20)21-4-2-19(14-25(21)29(22)37)17-35-11-8-34(7-6-32,9-12-35)10-13-35/h2-5,14-15,18,26-27,36H,7-13,16-17H2,1H3/q+1/p+1/t18-,26-,27-,34?,35?/m1/s1. The molecular formula is C31H32N4O5+2. The Hall–Kier alpha value is -3.84. The van der Waals surface area contributed by atoms with Crippen molar-refractivity contribution in [3.05, 3.63) is 64.3 Å². The van der Waals surface area contributed by atoms with Gasteiger partial charge in [0, 0.05) is 16.7 Å². The van der Waals surface area contributed by atoms with Crippen LogP contribution in [0.2, 0.25) is 0 Å². The molecule has 40 heavy (non-hydrogen) atoms. The molecule has 0 spiro atoms. The summed E-state index contributed by atoms with van der Waals surface area (Å²) in [4.78, 5) is 39.6. The third-order valence-corrected chi connectivity index (χ3v) is 10.2. The van der Waals surface area contributed by atoms with Crippen molar-refractivity contribution < 1.29 is 33.6 Å². The number of amides is 1. The van der Waals surface area contributed by atoms with Gasteiger partial charge >= 0.3 is 5.97 Å². The highest BCUT2D eigenvalue weighted by Gasteiger charge is 2.57. The van der Waals surface area contributed by atoms with Crippen LogP contribution in [0.3, 0.4) is 0 Å². The van der Waals surface area contributed by atoms with Gasteiger partial charge in [-0.1, -0.05) is 18.2 Å². The molecule has 1 amide bonds. The monoisotopic (exact) mass is 540 g/mol. The minimum Gasteiger partial charge on any atom is -0.477 e. The second kappa shape index (κ2) is 8.58. The zero-order valence-electron chi connectivity index (χ0n) is 22.5. The number of carboxylic acids is 1. The van der Waals surface area contributed by atoms with Crippen LogP contribution in [0.15, 0.2) is 42.1 Å². The van der Waals surface area contributed by atoms with E-state index in [4.69, 9.17) is 0 Å². The summed E-state index contributed by atoms with van der Waals surface area (Å²) >= 11 is 0. The number of nitrogens with zero attached hydrogens (tertiary/aromatic N) is 4. The van der Waals surface area contributed by atoms with Crippen molar-refractivity contribution in [3.63, 3.8) is 0 Å². The minimum atomic E-state index is -1.16. The maximum absolute atomic E-state index is 13.5. The van der Waals surface area contributed by atoms with Crippen LogP contribution < -0.4 is 0 Å². The molecule has 2 aromatic carbocycles. The topological polar surface area (TPSA) is 119 Å². The van der Waals surface area contributed by atoms with Crippen LogP contribution in [0.25, 0.3) is 16.7 Å². The van der Waals surface area contributed by atoms with Gasteiger partial charge in [-0.3, -0.25) is 14.1 Å². The predicted molar refractivity (Wildman–Crippen MR) is 144 cm³/mol. The number of aliphatic hydroxyl groups excluding tert-OH is 1. The lowest BCUT2D eigenvalue weighted by atomic mass is 9.82. The first-order valence-electron chi connectivity index (χ1n) is 14.0. The summed E-state index contributed by atoms with van der Waals surface area (Å²) in [5.41, 5.74) is 5.28. The molecule has 4 fully saturated rings. The summed E-state index contributed by atoms with van der Waals surface area (Å²) in [6.45, 7) is 9.26. The second-order valence-electron chi connectivity index (χ2n) is 12.3. The number of aliphatic hydroxyl groups is 1. The molecule has 9 heteroatoms. The number of fused-ring (bicyclic) bond motifs is 7. The van der Waals surface area contributed by atoms with E-state index in [2.05, 4.69) is 12.1 Å². The molecular weight excluding hydrogens is 508 g/mol. The van der Waals surface area contributed by atoms with Crippen LogP contribution >= 0.6 is 0 Å². The molecule has 1 aliphatic carbocycles. The highest BCUT2D eigenvalue weighted by molar-refractivity contribution is 6.22. The Morgan fingerprint density at radius 1 is 1.00 bits per heavy atom. The van der Waals surface area contributed by atoms with E-state index in [-0.39, 0.29) is 23.4 Å². The van der Waals surface area contributed by atoms with E-state index in [1.807, 2.05) is 18.2 Å². The zero-order chi connectivity index (χ0) is 28.0. The van der Waals surface area contributed by atoms with Gasteiger partial charge in [-0.05, 0) is 53.8 Å². The van der Waals surface area contributed by atoms with E-state index >= 15 is 0 Å². The average Bonchev–Trinajstić information content (AvgIpc) is 3.42. The highest BCUT2D eigenvalue weighted by Crippen LogP contribution is 2.48. The van der Waals surface area contributed by atoms with Crippen LogP contribution in [-0.2, 0) is 16.1 Å². The lowest BCUT2D eigenvalue weighted by Crippen LogP contribution is -2.74. The molecule has 2 bridgehead atoms. The van der Waals surface area contributed by atoms with Crippen molar-refractivity contribution in [1.82, 2.24) is 4.90 Å². The Labute approximate surface area is 232 Å². The molecule has 0 saturated carbocycles. The van der Waals surface area contributed by atoms with Gasteiger partial charge in [0.15, 0.2) is 12.3 Å². The number of hydrogen-bond acceptors (Lipinski definition) is 5. The van der Waals surface area contributed by atoms with E-state index in [0.717, 1.165) is 71.5 Å². The van der Waals surface area contributed by atoms with Gasteiger partial charge in [-0.15, -0.1) is 0 Å². The van der Waals surface area contributed by atoms with Gasteiger partial charge < -0.3 is 19.6 Å². The van der Waals surface area contributed by atoms with Gasteiger partial charge in [-0.25, -0.2) is 4.79 Å². The highest BCUT2D eigenvalue weighted by atomic mass is 16.4. The number of quaternary nitrogens is 2. The molecule has 4 saturated heterocycles. The van der Waals surface area contributed by atoms with Crippen LogP contribution in [0.4, 0.5) is 0 Å². The fraction of sp³-hybridized carbons (Fsp3) is 0.419. The molecule has 0 radical (unpaired) electrons. The fourth-order valence-corrected chi connectivity index (χ4v) is 7.89. The van der Waals surface area contributed by atoms with Crippen molar-refractivity contribution in [2.45, 2.75) is 32.0 Å². The van der Waals surface area contributed by atoms with E-state index in [1.165, 1.54) is 4.90 Å². The summed E-state index contributed by atoms with van der Waals surface area (Å²) in [5, 5.41) is 29.3. The maximum atomic E-state index is 13.5. The first-order valence-corrected chi connectivity index (χ1v) is 14.0. The number of aliphatic carboxylic acids is 1. The first-order chi connectivity index (χ1) is 19.2. The normalized spacial score (nSPS) is 30.5. The number of hydrogen-bond donors (Lipinski definition) is 2. The molecule has 2 N–H and O–H groups in total. The van der Waals surface area contributed by atoms with Crippen LogP contribution in [-0.4, -0.2) is 99.7 Å². The van der Waals surface area contributed by atoms with Crippen molar-refractivity contribution in [2.75, 3.05) is 45.8 Å². The van der Waals surface area contributed by atoms with Crippen molar-refractivity contribution in [1.29, 1.82) is 5.26 Å². The average molecular weight is 541 g/mol. The lowest BCUT2D eigenvalue weighted by molar-refractivity contribution is -1.08. The summed E-state index contributed by atoms with van der Waals surface area (Å²) < 4.78 is 1.93. The Bertz CT molecular complexity index is 1560. The number of ketones is 1. The molecule has 0 unspecified atom stereocenters. The number of rotatable bonds is 6. The molecule has 6 aliphatic rings. The summed E-state index contributed by atoms with van der Waals surface area (Å²) in [5.74, 6) is -2.14. The smallest absolute Gasteiger partial charge is 0.352 e. The van der Waals surface area contributed by atoms with E-state index in [1.54, 1.807) is 19.1 Å². The molecule has 5 heterocycles. The fourth-order valence-electron chi connectivity index (χ4n) is 7.89. The van der Waals surface area contributed by atoms with Gasteiger partial charge in [0.25, 0.3) is 0 Å². The van der Waals surface area contributed by atoms with E-state index < -0.39 is 18.0 Å². The zero-order valence-corrected chi connectivity index (χ0v) is 22.5. The van der Waals surface area contributed by atoms with Gasteiger partial charge in [0.2, 0.25) is 5.91 Å². The van der Waals surface area contributed by atoms with Crippen molar-refractivity contribution >= 4 is 23.2 Å². The molecule has 9 nitrogen and oxygen atoms in total. The van der Waals surface area contributed by atoms with Crippen molar-refractivity contribution in [2.24, 2.45) is 5.92 Å². The number of nitriles is 1. The van der Waals surface area contributed by atoms with Gasteiger partial charge in [0.05, 0.1) is 18.1 Å². The Kier molecular flexibility index (Phi) is 5.39. The molecule has 2 aromatic rings. The minimum absolute atomic E-state index is 0.0209. The Morgan fingerprint density at radius 3 is 2.33 bits per heavy atom. The van der Waals surface area contributed by atoms with E-state index in [0.29, 0.717) is 35.2 Å². The van der Waals surface area contributed by atoms with Crippen LogP contribution in [0, 0.1) is 17.2 Å². The van der Waals surface area contributed by atoms with Gasteiger partial charge in [-0.2, -0.15) is 5.26 Å². The summed E-state index contributed by atoms with van der Waals surface area (Å²) in [7, 11) is 0. The molecule has 3 atom stereocenters. The number of carbonyl (C=O) groups is 3. The quantitative estimate of drug-likeness (QED) is 0.281. The second-order valence-corrected chi connectivity index (χ2v) is 12.3. The lowest BCUT2D eigenvalue weighted by Gasteiger charge is -2.54. The molecule has 0 aromatic heterocycles. The van der Waals surface area contributed by atoms with Crippen LogP contribution in [0.1, 0.15) is 40.4 Å². The number of β-lactam (4-membered cyclic amide) rings is 1. The Balaban J connectivity index is 1.18. The molecule has 5 aliphatic heterocycles. The number of piperazine rings is 3. The third kappa shape index (κ3) is 3.46. The summed E-state index contributed by atoms with van der Waals surface area (Å²) in [6, 6.07) is 13.6. The number of benzene rings is 2. The largest absolute Gasteiger partial charge is 0.477 e. The van der Waals surface area contributed by atoms with E-state index in [9.17, 15) is 29.9 Å². The molecule has 204 valence electrons. The van der Waals surface area contributed by atoms with Crippen molar-refractivity contribution in [3.8, 4) is 17.2 Å². The first kappa shape index (κ1) is 25.1. The summed E-state index contributed by atoms with van der Waals surface area (Å²) in [6.07, 6.45) is -0.489.